The zero-order valence-electron chi connectivity index (χ0n) is 45.8. The Labute approximate surface area is 430 Å². The number of rotatable bonds is 42. The predicted molar refractivity (Wildman–Crippen MR) is 300 cm³/mol. The Bertz CT molecular complexity index is 1650. The Morgan fingerprint density at radius 3 is 1.19 bits per heavy atom. The number of hydrogen-bond donors (Lipinski definition) is 0. The minimum atomic E-state index is 0.875. The van der Waals surface area contributed by atoms with E-state index >= 15 is 0 Å². The minimum absolute atomic E-state index is 0.875. The molecule has 1 aliphatic rings. The van der Waals surface area contributed by atoms with E-state index in [1.165, 1.54) is 238 Å². The van der Waals surface area contributed by atoms with Crippen molar-refractivity contribution < 1.29 is 19.1 Å². The van der Waals surface area contributed by atoms with Gasteiger partial charge in [-0.25, -0.2) is 4.70 Å². The van der Waals surface area contributed by atoms with Crippen LogP contribution >= 0.6 is 0 Å². The van der Waals surface area contributed by atoms with Crippen molar-refractivity contribution in [1.82, 2.24) is 0 Å². The summed E-state index contributed by atoms with van der Waals surface area (Å²) >= 11 is 1.97. The molecule has 388 valence electrons. The fourth-order valence-electron chi connectivity index (χ4n) is 9.50. The Morgan fingerprint density at radius 2 is 0.765 bits per heavy atom. The van der Waals surface area contributed by atoms with Gasteiger partial charge in [-0.05, 0) is 80.3 Å². The van der Waals surface area contributed by atoms with Gasteiger partial charge in [-0.3, -0.25) is 0 Å². The summed E-state index contributed by atoms with van der Waals surface area (Å²) in [7, 11) is 0. The van der Waals surface area contributed by atoms with E-state index in [1.54, 1.807) is 0 Å². The molecule has 0 saturated heterocycles. The van der Waals surface area contributed by atoms with Gasteiger partial charge in [-0.1, -0.05) is 224 Å². The second-order valence-corrected chi connectivity index (χ2v) is 21.8. The first-order chi connectivity index (χ1) is 33.6. The molecule has 0 aromatic heterocycles. The van der Waals surface area contributed by atoms with Crippen LogP contribution in [0.2, 0.25) is 10.8 Å². The maximum absolute atomic E-state index is 12.2. The molecular formula is C65H108N2Ni. The van der Waals surface area contributed by atoms with E-state index in [9.17, 15) is 5.53 Å². The van der Waals surface area contributed by atoms with E-state index in [2.05, 4.69) is 102 Å². The molecular weight excluding hydrogens is 867 g/mol. The first-order valence-electron chi connectivity index (χ1n) is 29.6. The number of unbranched alkanes of at least 4 members (excludes halogenated alkanes) is 30. The Balaban J connectivity index is 0.00000127. The van der Waals surface area contributed by atoms with Gasteiger partial charge in [-0.2, -0.15) is 0 Å². The van der Waals surface area contributed by atoms with Gasteiger partial charge in [0.2, 0.25) is 11.4 Å². The zero-order valence-corrected chi connectivity index (χ0v) is 46.8. The summed E-state index contributed by atoms with van der Waals surface area (Å²) < 4.78 is 1.51. The van der Waals surface area contributed by atoms with E-state index < -0.39 is 0 Å². The standard InChI is InChI=1S/C55H86N2.2C5H11.Ni/c1-5-9-13-16-17-18-19-20-21-22-23-24-25-26-27-28-29-30-31-32-35-45-53-52(44-12-8-4)54(50-42-36-40-48(46-50)38-33-14-10-6-2)57(56)55(53)51-43-37-41-49(47-51)39-34-15-11-7-3;2*1-3-5-4-2;/h36-37,40-43,46-47H,5-34,38-39,44H2,1-4H3;2*1,3-5H2,2H3;. The summed E-state index contributed by atoms with van der Waals surface area (Å²) in [5, 5.41) is 2.81. The Hall–Kier alpha value is -2.43. The predicted octanol–water partition coefficient (Wildman–Crippen LogP) is 22.4. The summed E-state index contributed by atoms with van der Waals surface area (Å²) in [6.45, 7) is 13.7. The van der Waals surface area contributed by atoms with Gasteiger partial charge in [-0.15, -0.1) is 0 Å². The molecule has 0 aliphatic carbocycles. The third kappa shape index (κ3) is 29.0. The molecule has 0 N–H and O–H groups in total. The van der Waals surface area contributed by atoms with Crippen molar-refractivity contribution in [3.8, 4) is 11.8 Å². The molecule has 3 rings (SSSR count). The van der Waals surface area contributed by atoms with Gasteiger partial charge in [0.05, 0.1) is 0 Å². The summed E-state index contributed by atoms with van der Waals surface area (Å²) in [6.07, 6.45) is 51.3. The molecule has 2 aromatic carbocycles. The molecule has 1 aliphatic heterocycles. The van der Waals surface area contributed by atoms with Crippen molar-refractivity contribution >= 4 is 11.4 Å². The summed E-state index contributed by atoms with van der Waals surface area (Å²) in [6, 6.07) is 17.9. The van der Waals surface area contributed by atoms with Crippen LogP contribution in [0.25, 0.3) is 16.9 Å². The van der Waals surface area contributed by atoms with Crippen molar-refractivity contribution in [1.29, 1.82) is 0 Å². The molecule has 0 amide bonds. The van der Waals surface area contributed by atoms with E-state index in [0.29, 0.717) is 0 Å². The number of aryl methyl sites for hydroxylation is 2. The van der Waals surface area contributed by atoms with Crippen LogP contribution in [0.5, 0.6) is 0 Å². The molecule has 0 spiro atoms. The van der Waals surface area contributed by atoms with E-state index in [4.69, 9.17) is 0 Å². The quantitative estimate of drug-likeness (QED) is 0.0274. The SMILES string of the molecule is CCCCCCCCCCCCCCCCCCCCCC#CC1=C(c2cccc(CCCCCC)c2)[N+](=[N-])C(c2cccc(CCCCCC)c2)=C1CCCC.CCCC[CH2][Ni][CH2]CCCC. The van der Waals surface area contributed by atoms with Crippen molar-refractivity contribution in [2.75, 3.05) is 0 Å². The Morgan fingerprint density at radius 1 is 0.397 bits per heavy atom. The number of hydrogen-bond acceptors (Lipinski definition) is 0. The fraction of sp³-hybridized carbons (Fsp3) is 0.723. The molecule has 0 bridgehead atoms. The molecule has 0 unspecified atom stereocenters. The molecule has 0 atom stereocenters. The van der Waals surface area contributed by atoms with Crippen LogP contribution in [0.15, 0.2) is 59.7 Å². The zero-order chi connectivity index (χ0) is 49.0. The van der Waals surface area contributed by atoms with Gasteiger partial charge in [0.1, 0.15) is 5.57 Å². The van der Waals surface area contributed by atoms with Gasteiger partial charge < -0.3 is 5.53 Å². The monoisotopic (exact) mass is 975 g/mol. The molecule has 0 fully saturated rings. The number of nitrogens with zero attached hydrogens (tertiary/aromatic N) is 2. The van der Waals surface area contributed by atoms with Crippen LogP contribution in [0.1, 0.15) is 301 Å². The second-order valence-electron chi connectivity index (χ2n) is 20.3. The third-order valence-corrected chi connectivity index (χ3v) is 15.2. The van der Waals surface area contributed by atoms with Gasteiger partial charge in [0.25, 0.3) is 0 Å². The maximum atomic E-state index is 12.2. The molecule has 0 radical (unpaired) electrons. The average Bonchev–Trinajstić information content (AvgIpc) is 3.63. The van der Waals surface area contributed by atoms with Crippen LogP contribution in [0.4, 0.5) is 0 Å². The number of allylic oxidation sites excluding steroid dienone is 2. The molecule has 0 saturated carbocycles. The van der Waals surface area contributed by atoms with E-state index in [1.807, 2.05) is 14.4 Å². The van der Waals surface area contributed by atoms with Crippen molar-refractivity contribution in [2.45, 2.75) is 303 Å². The van der Waals surface area contributed by atoms with Gasteiger partial charge in [0, 0.05) is 23.1 Å². The third-order valence-electron chi connectivity index (χ3n) is 13.8. The average molecular weight is 976 g/mol. The fourth-order valence-corrected chi connectivity index (χ4v) is 10.7. The van der Waals surface area contributed by atoms with E-state index in [-0.39, 0.29) is 0 Å². The van der Waals surface area contributed by atoms with Crippen LogP contribution in [-0.4, -0.2) is 4.70 Å². The van der Waals surface area contributed by atoms with Crippen molar-refractivity contribution in [3.05, 3.63) is 87.5 Å². The van der Waals surface area contributed by atoms with Gasteiger partial charge >= 0.3 is 77.6 Å². The van der Waals surface area contributed by atoms with Crippen LogP contribution in [0.3, 0.4) is 0 Å². The molecule has 1 heterocycles. The summed E-state index contributed by atoms with van der Waals surface area (Å²) in [5.74, 6) is 7.31. The van der Waals surface area contributed by atoms with Crippen molar-refractivity contribution in [3.63, 3.8) is 0 Å². The Kier molecular flexibility index (Phi) is 40.4. The first-order valence-corrected chi connectivity index (χ1v) is 31.0. The topological polar surface area (TPSA) is 25.3 Å². The van der Waals surface area contributed by atoms with Crippen LogP contribution in [-0.2, 0) is 27.3 Å². The number of benzene rings is 2. The van der Waals surface area contributed by atoms with Gasteiger partial charge in [0.15, 0.2) is 0 Å². The molecule has 3 heteroatoms. The normalized spacial score (nSPS) is 12.5. The van der Waals surface area contributed by atoms with E-state index in [0.717, 1.165) is 73.0 Å². The molecule has 2 aromatic rings. The summed E-state index contributed by atoms with van der Waals surface area (Å²) in [4.78, 5) is 0. The molecule has 68 heavy (non-hydrogen) atoms. The summed E-state index contributed by atoms with van der Waals surface area (Å²) in [5.41, 5.74) is 21.2. The molecule has 2 nitrogen and oxygen atoms in total. The first kappa shape index (κ1) is 61.7. The van der Waals surface area contributed by atoms with Crippen molar-refractivity contribution in [2.24, 2.45) is 0 Å². The van der Waals surface area contributed by atoms with Crippen LogP contribution in [0, 0.1) is 11.8 Å². The second kappa shape index (κ2) is 44.5. The van der Waals surface area contributed by atoms with Crippen LogP contribution < -0.4 is 0 Å².